The number of nitrogens with one attached hydrogen (secondary N) is 1. The number of hydrogen-bond donors (Lipinski definition) is 2. The van der Waals surface area contributed by atoms with Crippen molar-refractivity contribution in [2.24, 2.45) is 17.3 Å². The Labute approximate surface area is 180 Å². The van der Waals surface area contributed by atoms with Gasteiger partial charge in [-0.1, -0.05) is 58.4 Å². The third kappa shape index (κ3) is 6.83. The summed E-state index contributed by atoms with van der Waals surface area (Å²) in [6.45, 7) is 18.7. The van der Waals surface area contributed by atoms with E-state index < -0.39 is 21.3 Å². The Bertz CT molecular complexity index is 676. The summed E-state index contributed by atoms with van der Waals surface area (Å²) < 4.78 is 15.9. The molecular weight excluding hydrogens is 390 g/mol. The molecule has 1 rings (SSSR count). The van der Waals surface area contributed by atoms with Gasteiger partial charge in [-0.15, -0.1) is 0 Å². The molecule has 3 atom stereocenters. The molecule has 0 saturated carbocycles. The minimum atomic E-state index is -1.28. The van der Waals surface area contributed by atoms with Crippen LogP contribution in [0.25, 0.3) is 0 Å². The average molecular weight is 430 g/mol. The average Bonchev–Trinajstić information content (AvgIpc) is 2.51. The van der Waals surface area contributed by atoms with Gasteiger partial charge in [-0.05, 0) is 69.1 Å². The highest BCUT2D eigenvalue weighted by atomic mass is 35.5. The molecule has 1 aromatic carbocycles. The van der Waals surface area contributed by atoms with E-state index in [0.717, 1.165) is 29.0 Å². The first-order chi connectivity index (χ1) is 12.6. The highest BCUT2D eigenvalue weighted by Crippen LogP contribution is 2.37. The second-order valence-electron chi connectivity index (χ2n) is 10.6. The molecule has 0 aliphatic heterocycles. The third-order valence-corrected chi connectivity index (χ3v) is 7.47. The summed E-state index contributed by atoms with van der Waals surface area (Å²) in [5.74, 6) is 0.106. The largest absolute Gasteiger partial charge is 0.396 e. The number of aliphatic hydroxyl groups excluding tert-OH is 1. The second kappa shape index (κ2) is 9.59. The number of benzene rings is 1. The van der Waals surface area contributed by atoms with E-state index in [4.69, 9.17) is 11.6 Å². The SMILES string of the molecule is CC(C)C(CO)[C@@](C)(NS(=O)C(C)(C)C)c1ccc(CCC(C)(C)C)c(Cl)c1. The Kier molecular flexibility index (Phi) is 8.78. The van der Waals surface area contributed by atoms with Crippen molar-refractivity contribution >= 4 is 22.6 Å². The van der Waals surface area contributed by atoms with Crippen LogP contribution in [0.2, 0.25) is 5.02 Å². The van der Waals surface area contributed by atoms with Gasteiger partial charge in [0.05, 0.1) is 21.3 Å². The van der Waals surface area contributed by atoms with Crippen LogP contribution in [0, 0.1) is 17.3 Å². The summed E-state index contributed by atoms with van der Waals surface area (Å²) >= 11 is 6.65. The van der Waals surface area contributed by atoms with Gasteiger partial charge in [0.15, 0.2) is 0 Å². The van der Waals surface area contributed by atoms with Crippen molar-refractivity contribution in [1.82, 2.24) is 4.72 Å². The first-order valence-electron chi connectivity index (χ1n) is 10.2. The molecule has 0 saturated heterocycles. The molecule has 162 valence electrons. The summed E-state index contributed by atoms with van der Waals surface area (Å²) in [4.78, 5) is 0. The standard InChI is InChI=1S/C23H40ClNO2S/c1-16(2)19(15-26)23(9,25-28(27)22(6,7)8)18-11-10-17(20(24)14-18)12-13-21(3,4)5/h10-11,14,16,19,25-26H,12-13,15H2,1-9H3/t19?,23-,28?/m0/s1. The molecule has 0 aliphatic carbocycles. The van der Waals surface area contributed by atoms with Crippen LogP contribution < -0.4 is 4.72 Å². The van der Waals surface area contributed by atoms with E-state index in [-0.39, 0.29) is 23.9 Å². The summed E-state index contributed by atoms with van der Waals surface area (Å²) in [6.07, 6.45) is 1.98. The van der Waals surface area contributed by atoms with Crippen molar-refractivity contribution in [3.05, 3.63) is 34.3 Å². The van der Waals surface area contributed by atoms with E-state index in [9.17, 15) is 9.32 Å². The molecular formula is C23H40ClNO2S. The fraction of sp³-hybridized carbons (Fsp3) is 0.739. The van der Waals surface area contributed by atoms with Crippen LogP contribution in [0.15, 0.2) is 18.2 Å². The Balaban J connectivity index is 3.34. The van der Waals surface area contributed by atoms with Crippen molar-refractivity contribution in [1.29, 1.82) is 0 Å². The Morgan fingerprint density at radius 3 is 2.07 bits per heavy atom. The van der Waals surface area contributed by atoms with Crippen LogP contribution in [0.4, 0.5) is 0 Å². The number of halogens is 1. The predicted molar refractivity (Wildman–Crippen MR) is 123 cm³/mol. The first kappa shape index (κ1) is 25.6. The highest BCUT2D eigenvalue weighted by Gasteiger charge is 2.40. The van der Waals surface area contributed by atoms with Crippen LogP contribution in [-0.2, 0) is 22.9 Å². The van der Waals surface area contributed by atoms with E-state index in [1.54, 1.807) is 0 Å². The van der Waals surface area contributed by atoms with Gasteiger partial charge in [0.25, 0.3) is 0 Å². The molecule has 0 heterocycles. The lowest BCUT2D eigenvalue weighted by Gasteiger charge is -2.41. The van der Waals surface area contributed by atoms with Gasteiger partial charge >= 0.3 is 0 Å². The van der Waals surface area contributed by atoms with E-state index in [1.807, 2.05) is 33.8 Å². The lowest BCUT2D eigenvalue weighted by Crippen LogP contribution is -2.53. The monoisotopic (exact) mass is 429 g/mol. The quantitative estimate of drug-likeness (QED) is 0.544. The number of rotatable bonds is 8. The number of aryl methyl sites for hydroxylation is 1. The molecule has 2 unspecified atom stereocenters. The van der Waals surface area contributed by atoms with Gasteiger partial charge in [0.1, 0.15) is 0 Å². The molecule has 0 radical (unpaired) electrons. The van der Waals surface area contributed by atoms with Crippen molar-refractivity contribution in [2.45, 2.75) is 85.4 Å². The molecule has 0 aromatic heterocycles. The first-order valence-corrected chi connectivity index (χ1v) is 11.7. The summed E-state index contributed by atoms with van der Waals surface area (Å²) in [5.41, 5.74) is 1.68. The van der Waals surface area contributed by atoms with Gasteiger partial charge in [-0.25, -0.2) is 8.93 Å². The smallest absolute Gasteiger partial charge is 0.0978 e. The van der Waals surface area contributed by atoms with Crippen molar-refractivity contribution in [2.75, 3.05) is 6.61 Å². The summed E-state index contributed by atoms with van der Waals surface area (Å²) in [7, 11) is -1.28. The predicted octanol–water partition coefficient (Wildman–Crippen LogP) is 5.85. The van der Waals surface area contributed by atoms with Crippen molar-refractivity contribution in [3.63, 3.8) is 0 Å². The Morgan fingerprint density at radius 1 is 1.11 bits per heavy atom. The second-order valence-corrected chi connectivity index (χ2v) is 13.0. The van der Waals surface area contributed by atoms with E-state index in [2.05, 4.69) is 51.5 Å². The van der Waals surface area contributed by atoms with Crippen LogP contribution in [0.1, 0.15) is 79.9 Å². The molecule has 0 amide bonds. The van der Waals surface area contributed by atoms with Crippen LogP contribution >= 0.6 is 11.6 Å². The topological polar surface area (TPSA) is 49.3 Å². The van der Waals surface area contributed by atoms with Crippen LogP contribution in [-0.4, -0.2) is 20.7 Å². The molecule has 0 bridgehead atoms. The van der Waals surface area contributed by atoms with Crippen molar-refractivity contribution < 1.29 is 9.32 Å². The van der Waals surface area contributed by atoms with Crippen LogP contribution in [0.5, 0.6) is 0 Å². The van der Waals surface area contributed by atoms with E-state index in [0.29, 0.717) is 0 Å². The maximum Gasteiger partial charge on any atom is 0.0978 e. The maximum atomic E-state index is 12.9. The molecule has 0 aliphatic rings. The fourth-order valence-electron chi connectivity index (χ4n) is 3.34. The van der Waals surface area contributed by atoms with Gasteiger partial charge < -0.3 is 5.11 Å². The number of hydrogen-bond acceptors (Lipinski definition) is 2. The Hall–Kier alpha value is -0.420. The normalized spacial score (nSPS) is 17.4. The fourth-order valence-corrected chi connectivity index (χ4v) is 4.57. The molecule has 28 heavy (non-hydrogen) atoms. The van der Waals surface area contributed by atoms with Crippen molar-refractivity contribution in [3.8, 4) is 0 Å². The summed E-state index contributed by atoms with van der Waals surface area (Å²) in [5, 5.41) is 10.9. The molecule has 0 spiro atoms. The molecule has 1 aromatic rings. The zero-order chi connectivity index (χ0) is 21.9. The van der Waals surface area contributed by atoms with Crippen LogP contribution in [0.3, 0.4) is 0 Å². The third-order valence-electron chi connectivity index (χ3n) is 5.40. The number of aliphatic hydroxyl groups is 1. The van der Waals surface area contributed by atoms with Gasteiger partial charge in [-0.3, -0.25) is 0 Å². The molecule has 3 nitrogen and oxygen atoms in total. The lowest BCUT2D eigenvalue weighted by molar-refractivity contribution is 0.111. The maximum absolute atomic E-state index is 12.9. The lowest BCUT2D eigenvalue weighted by atomic mass is 9.74. The minimum absolute atomic E-state index is 0.00586. The van der Waals surface area contributed by atoms with Gasteiger partial charge in [0, 0.05) is 17.5 Å². The highest BCUT2D eigenvalue weighted by molar-refractivity contribution is 7.84. The minimum Gasteiger partial charge on any atom is -0.396 e. The van der Waals surface area contributed by atoms with Gasteiger partial charge in [-0.2, -0.15) is 0 Å². The van der Waals surface area contributed by atoms with Gasteiger partial charge in [0.2, 0.25) is 0 Å². The van der Waals surface area contributed by atoms with E-state index in [1.165, 1.54) is 0 Å². The molecule has 2 N–H and O–H groups in total. The molecule has 0 fully saturated rings. The molecule has 5 heteroatoms. The zero-order valence-electron chi connectivity index (χ0n) is 19.1. The summed E-state index contributed by atoms with van der Waals surface area (Å²) in [6, 6.07) is 6.14. The zero-order valence-corrected chi connectivity index (χ0v) is 20.7. The Morgan fingerprint density at radius 2 is 1.68 bits per heavy atom. The van der Waals surface area contributed by atoms with E-state index >= 15 is 0 Å².